The van der Waals surface area contributed by atoms with E-state index in [9.17, 15) is 18.0 Å². The minimum absolute atomic E-state index is 0.0291. The first-order valence-corrected chi connectivity index (χ1v) is 8.51. The maximum absolute atomic E-state index is 13.5. The number of halogens is 3. The van der Waals surface area contributed by atoms with Crippen LogP contribution in [0.15, 0.2) is 57.7 Å². The molecule has 1 N–H and O–H groups in total. The second-order valence-corrected chi connectivity index (χ2v) is 6.30. The molecule has 4 nitrogen and oxygen atoms in total. The van der Waals surface area contributed by atoms with Gasteiger partial charge in [-0.05, 0) is 17.7 Å². The Labute approximate surface area is 152 Å². The van der Waals surface area contributed by atoms with Gasteiger partial charge >= 0.3 is 6.18 Å². The Morgan fingerprint density at radius 3 is 2.56 bits per heavy atom. The predicted molar refractivity (Wildman–Crippen MR) is 94.5 cm³/mol. The van der Waals surface area contributed by atoms with Gasteiger partial charge in [-0.1, -0.05) is 30.3 Å². The Kier molecular flexibility index (Phi) is 4.49. The summed E-state index contributed by atoms with van der Waals surface area (Å²) in [6, 6.07) is 11.2. The molecule has 0 saturated carbocycles. The largest absolute Gasteiger partial charge is 0.457 e. The van der Waals surface area contributed by atoms with Crippen LogP contribution in [-0.2, 0) is 10.9 Å². The van der Waals surface area contributed by atoms with Crippen LogP contribution in [0.5, 0.6) is 0 Å². The fraction of sp³-hybridized carbons (Fsp3) is 0.250. The molecule has 4 rings (SSSR count). The minimum Gasteiger partial charge on any atom is -0.457 e. The summed E-state index contributed by atoms with van der Waals surface area (Å²) in [5.74, 6) is 0.302. The first-order valence-electron chi connectivity index (χ1n) is 8.51. The van der Waals surface area contributed by atoms with E-state index in [0.29, 0.717) is 25.5 Å². The molecule has 1 aliphatic heterocycles. The summed E-state index contributed by atoms with van der Waals surface area (Å²) in [5.41, 5.74) is -0.763. The SMILES string of the molecule is O=c1cc(C2CNCCO2)oc2c(-c3ccccc3C(F)(F)F)cccc12. The predicted octanol–water partition coefficient (Wildman–Crippen LogP) is 4.14. The molecule has 1 aliphatic rings. The molecule has 27 heavy (non-hydrogen) atoms. The number of para-hydroxylation sites is 1. The topological polar surface area (TPSA) is 51.5 Å². The van der Waals surface area contributed by atoms with Crippen molar-refractivity contribution >= 4 is 11.0 Å². The highest BCUT2D eigenvalue weighted by Crippen LogP contribution is 2.39. The third-order valence-corrected chi connectivity index (χ3v) is 4.54. The fourth-order valence-corrected chi connectivity index (χ4v) is 3.28. The van der Waals surface area contributed by atoms with Crippen LogP contribution >= 0.6 is 0 Å². The van der Waals surface area contributed by atoms with E-state index in [4.69, 9.17) is 9.15 Å². The Morgan fingerprint density at radius 1 is 1.04 bits per heavy atom. The molecule has 0 aliphatic carbocycles. The first kappa shape index (κ1) is 17.8. The van der Waals surface area contributed by atoms with Gasteiger partial charge in [-0.2, -0.15) is 13.2 Å². The van der Waals surface area contributed by atoms with Crippen LogP contribution in [0.3, 0.4) is 0 Å². The van der Waals surface area contributed by atoms with E-state index >= 15 is 0 Å². The van der Waals surface area contributed by atoms with Crippen molar-refractivity contribution in [2.75, 3.05) is 19.7 Å². The van der Waals surface area contributed by atoms with Crippen molar-refractivity contribution in [3.8, 4) is 11.1 Å². The molecule has 0 amide bonds. The minimum atomic E-state index is -4.52. The van der Waals surface area contributed by atoms with Crippen molar-refractivity contribution in [1.82, 2.24) is 5.32 Å². The summed E-state index contributed by atoms with van der Waals surface area (Å²) in [7, 11) is 0. The number of ether oxygens (including phenoxy) is 1. The van der Waals surface area contributed by atoms with E-state index < -0.39 is 17.8 Å². The number of rotatable bonds is 2. The van der Waals surface area contributed by atoms with Crippen LogP contribution in [0, 0.1) is 0 Å². The second kappa shape index (κ2) is 6.83. The molecular weight excluding hydrogens is 359 g/mol. The van der Waals surface area contributed by atoms with Crippen molar-refractivity contribution < 1.29 is 22.3 Å². The van der Waals surface area contributed by atoms with Gasteiger partial charge in [0.2, 0.25) is 0 Å². The van der Waals surface area contributed by atoms with E-state index in [1.165, 1.54) is 30.3 Å². The molecule has 0 radical (unpaired) electrons. The molecule has 7 heteroatoms. The third-order valence-electron chi connectivity index (χ3n) is 4.54. The standard InChI is InChI=1S/C20H16F3NO3/c21-20(22,23)15-7-2-1-4-12(15)13-5-3-6-14-16(25)10-17(27-19(13)14)18-11-24-8-9-26-18/h1-7,10,18,24H,8-9,11H2. The van der Waals surface area contributed by atoms with Gasteiger partial charge in [0.15, 0.2) is 5.43 Å². The van der Waals surface area contributed by atoms with Gasteiger partial charge in [0.05, 0.1) is 17.6 Å². The highest BCUT2D eigenvalue weighted by atomic mass is 19.4. The Bertz CT molecular complexity index is 1040. The number of morpholine rings is 1. The molecule has 1 saturated heterocycles. The van der Waals surface area contributed by atoms with Crippen LogP contribution in [0.25, 0.3) is 22.1 Å². The van der Waals surface area contributed by atoms with Gasteiger partial charge in [0, 0.05) is 24.7 Å². The van der Waals surface area contributed by atoms with Gasteiger partial charge < -0.3 is 14.5 Å². The molecule has 2 heterocycles. The molecule has 0 bridgehead atoms. The lowest BCUT2D eigenvalue weighted by molar-refractivity contribution is -0.137. The summed E-state index contributed by atoms with van der Waals surface area (Å²) in [4.78, 5) is 12.5. The average Bonchev–Trinajstić information content (AvgIpc) is 2.67. The lowest BCUT2D eigenvalue weighted by atomic mass is 9.97. The third kappa shape index (κ3) is 3.36. The normalized spacial score (nSPS) is 18.0. The zero-order valence-electron chi connectivity index (χ0n) is 14.2. The van der Waals surface area contributed by atoms with Crippen molar-refractivity contribution in [2.45, 2.75) is 12.3 Å². The monoisotopic (exact) mass is 375 g/mol. The zero-order chi connectivity index (χ0) is 19.0. The summed E-state index contributed by atoms with van der Waals surface area (Å²) in [6.07, 6.45) is -4.98. The summed E-state index contributed by atoms with van der Waals surface area (Å²) < 4.78 is 51.9. The molecular formula is C20H16F3NO3. The summed E-state index contributed by atoms with van der Waals surface area (Å²) in [6.45, 7) is 1.62. The van der Waals surface area contributed by atoms with Crippen molar-refractivity contribution in [2.24, 2.45) is 0 Å². The molecule has 2 aromatic carbocycles. The van der Waals surface area contributed by atoms with Crippen LogP contribution in [-0.4, -0.2) is 19.7 Å². The molecule has 1 fully saturated rings. The molecule has 1 unspecified atom stereocenters. The van der Waals surface area contributed by atoms with Gasteiger partial charge in [0.1, 0.15) is 17.4 Å². The van der Waals surface area contributed by atoms with E-state index in [2.05, 4.69) is 5.32 Å². The number of benzene rings is 2. The van der Waals surface area contributed by atoms with Crippen molar-refractivity contribution in [3.63, 3.8) is 0 Å². The highest BCUT2D eigenvalue weighted by Gasteiger charge is 2.34. The lowest BCUT2D eigenvalue weighted by Gasteiger charge is -2.23. The van der Waals surface area contributed by atoms with Gasteiger partial charge in [-0.25, -0.2) is 0 Å². The fourth-order valence-electron chi connectivity index (χ4n) is 3.28. The first-order chi connectivity index (χ1) is 12.9. The molecule has 3 aromatic rings. The smallest absolute Gasteiger partial charge is 0.417 e. The Balaban J connectivity index is 1.95. The van der Waals surface area contributed by atoms with Crippen molar-refractivity contribution in [3.05, 3.63) is 70.1 Å². The average molecular weight is 375 g/mol. The molecule has 0 spiro atoms. The van der Waals surface area contributed by atoms with Gasteiger partial charge in [-0.3, -0.25) is 4.79 Å². The summed E-state index contributed by atoms with van der Waals surface area (Å²) in [5, 5.41) is 3.37. The van der Waals surface area contributed by atoms with Crippen LogP contribution in [0.4, 0.5) is 13.2 Å². The Morgan fingerprint density at radius 2 is 1.81 bits per heavy atom. The van der Waals surface area contributed by atoms with Crippen LogP contribution in [0.1, 0.15) is 17.4 Å². The number of hydrogen-bond acceptors (Lipinski definition) is 4. The van der Waals surface area contributed by atoms with Crippen LogP contribution in [0.2, 0.25) is 0 Å². The highest BCUT2D eigenvalue weighted by molar-refractivity contribution is 5.93. The molecule has 1 aromatic heterocycles. The van der Waals surface area contributed by atoms with E-state index in [1.807, 2.05) is 0 Å². The maximum atomic E-state index is 13.5. The van der Waals surface area contributed by atoms with E-state index in [1.54, 1.807) is 12.1 Å². The van der Waals surface area contributed by atoms with Gasteiger partial charge in [0.25, 0.3) is 0 Å². The van der Waals surface area contributed by atoms with Crippen LogP contribution < -0.4 is 10.7 Å². The number of hydrogen-bond donors (Lipinski definition) is 1. The van der Waals surface area contributed by atoms with E-state index in [0.717, 1.165) is 6.07 Å². The summed E-state index contributed by atoms with van der Waals surface area (Å²) >= 11 is 0. The number of nitrogens with one attached hydrogen (secondary N) is 1. The second-order valence-electron chi connectivity index (χ2n) is 6.30. The number of fused-ring (bicyclic) bond motifs is 1. The van der Waals surface area contributed by atoms with Crippen molar-refractivity contribution in [1.29, 1.82) is 0 Å². The van der Waals surface area contributed by atoms with Gasteiger partial charge in [-0.15, -0.1) is 0 Å². The quantitative estimate of drug-likeness (QED) is 0.732. The van der Waals surface area contributed by atoms with E-state index in [-0.39, 0.29) is 27.5 Å². The number of alkyl halides is 3. The zero-order valence-corrected chi connectivity index (χ0v) is 14.2. The molecule has 1 atom stereocenters. The molecule has 140 valence electrons. The maximum Gasteiger partial charge on any atom is 0.417 e. The lowest BCUT2D eigenvalue weighted by Crippen LogP contribution is -2.33. The Hall–Kier alpha value is -2.64.